The van der Waals surface area contributed by atoms with Crippen molar-refractivity contribution in [2.45, 2.75) is 51.5 Å². The highest BCUT2D eigenvalue weighted by Crippen LogP contribution is 2.18. The van der Waals surface area contributed by atoms with Crippen LogP contribution < -0.4 is 5.32 Å². The lowest BCUT2D eigenvalue weighted by Crippen LogP contribution is -2.17. The van der Waals surface area contributed by atoms with Crippen LogP contribution in [-0.4, -0.2) is 12.6 Å². The molecule has 1 aliphatic carbocycles. The zero-order chi connectivity index (χ0) is 12.1. The Kier molecular flexibility index (Phi) is 4.55. The Morgan fingerprint density at radius 1 is 1.24 bits per heavy atom. The fourth-order valence-corrected chi connectivity index (χ4v) is 2.09. The van der Waals surface area contributed by atoms with Crippen LogP contribution in [0.2, 0.25) is 0 Å². The molecular weight excluding hydrogens is 213 g/mol. The molecule has 1 aromatic rings. The van der Waals surface area contributed by atoms with Crippen LogP contribution >= 0.6 is 0 Å². The van der Waals surface area contributed by atoms with E-state index in [-0.39, 0.29) is 5.82 Å². The SMILES string of the molecule is Cc1cc(CCCCCNC2CC2)ccc1F. The van der Waals surface area contributed by atoms with Crippen molar-refractivity contribution in [1.29, 1.82) is 0 Å². The number of hydrogen-bond acceptors (Lipinski definition) is 1. The molecule has 1 aliphatic rings. The van der Waals surface area contributed by atoms with Crippen LogP contribution in [0.25, 0.3) is 0 Å². The molecule has 0 aliphatic heterocycles. The minimum Gasteiger partial charge on any atom is -0.314 e. The lowest BCUT2D eigenvalue weighted by molar-refractivity contribution is 0.598. The molecule has 1 nitrogen and oxygen atoms in total. The third kappa shape index (κ3) is 4.47. The zero-order valence-electron chi connectivity index (χ0n) is 10.6. The second kappa shape index (κ2) is 6.15. The number of unbranched alkanes of at least 4 members (excludes halogenated alkanes) is 2. The van der Waals surface area contributed by atoms with Crippen molar-refractivity contribution < 1.29 is 4.39 Å². The van der Waals surface area contributed by atoms with Crippen LogP contribution in [0, 0.1) is 12.7 Å². The van der Waals surface area contributed by atoms with E-state index in [1.165, 1.54) is 37.7 Å². The van der Waals surface area contributed by atoms with E-state index in [2.05, 4.69) is 5.32 Å². The second-order valence-corrected chi connectivity index (χ2v) is 5.12. The van der Waals surface area contributed by atoms with Gasteiger partial charge in [-0.15, -0.1) is 0 Å². The summed E-state index contributed by atoms with van der Waals surface area (Å²) < 4.78 is 13.1. The first-order valence-corrected chi connectivity index (χ1v) is 6.74. The van der Waals surface area contributed by atoms with Gasteiger partial charge in [-0.3, -0.25) is 0 Å². The molecule has 1 saturated carbocycles. The number of nitrogens with one attached hydrogen (secondary N) is 1. The molecule has 0 atom stereocenters. The Hall–Kier alpha value is -0.890. The van der Waals surface area contributed by atoms with Gasteiger partial charge in [-0.25, -0.2) is 4.39 Å². The smallest absolute Gasteiger partial charge is 0.126 e. The molecule has 0 aromatic heterocycles. The monoisotopic (exact) mass is 235 g/mol. The van der Waals surface area contributed by atoms with Gasteiger partial charge in [0.05, 0.1) is 0 Å². The summed E-state index contributed by atoms with van der Waals surface area (Å²) in [5.74, 6) is -0.0950. The van der Waals surface area contributed by atoms with E-state index in [9.17, 15) is 4.39 Å². The molecule has 17 heavy (non-hydrogen) atoms. The predicted molar refractivity (Wildman–Crippen MR) is 69.7 cm³/mol. The molecule has 0 spiro atoms. The number of benzene rings is 1. The van der Waals surface area contributed by atoms with E-state index in [0.717, 1.165) is 24.6 Å². The molecule has 2 rings (SSSR count). The van der Waals surface area contributed by atoms with Crippen molar-refractivity contribution in [3.63, 3.8) is 0 Å². The third-order valence-corrected chi connectivity index (χ3v) is 3.37. The molecule has 1 aromatic carbocycles. The maximum Gasteiger partial charge on any atom is 0.126 e. The van der Waals surface area contributed by atoms with Crippen molar-refractivity contribution in [2.75, 3.05) is 6.54 Å². The Morgan fingerprint density at radius 3 is 2.76 bits per heavy atom. The van der Waals surface area contributed by atoms with Crippen LogP contribution in [0.4, 0.5) is 4.39 Å². The van der Waals surface area contributed by atoms with Crippen LogP contribution in [-0.2, 0) is 6.42 Å². The average molecular weight is 235 g/mol. The highest BCUT2D eigenvalue weighted by atomic mass is 19.1. The highest BCUT2D eigenvalue weighted by molar-refractivity contribution is 5.23. The van der Waals surface area contributed by atoms with Gasteiger partial charge in [0.2, 0.25) is 0 Å². The summed E-state index contributed by atoms with van der Waals surface area (Å²) >= 11 is 0. The van der Waals surface area contributed by atoms with Gasteiger partial charge in [-0.1, -0.05) is 18.6 Å². The van der Waals surface area contributed by atoms with Gasteiger partial charge < -0.3 is 5.32 Å². The molecule has 0 heterocycles. The maximum absolute atomic E-state index is 13.1. The fourth-order valence-electron chi connectivity index (χ4n) is 2.09. The van der Waals surface area contributed by atoms with Crippen molar-refractivity contribution in [2.24, 2.45) is 0 Å². The van der Waals surface area contributed by atoms with Crippen LogP contribution in [0.5, 0.6) is 0 Å². The Morgan fingerprint density at radius 2 is 2.06 bits per heavy atom. The van der Waals surface area contributed by atoms with Crippen molar-refractivity contribution >= 4 is 0 Å². The minimum atomic E-state index is -0.0950. The quantitative estimate of drug-likeness (QED) is 0.712. The molecule has 0 bridgehead atoms. The normalized spacial score (nSPS) is 15.2. The van der Waals surface area contributed by atoms with Gasteiger partial charge in [0, 0.05) is 6.04 Å². The summed E-state index contributed by atoms with van der Waals surface area (Å²) in [6.07, 6.45) is 7.54. The number of halogens is 1. The van der Waals surface area contributed by atoms with E-state index < -0.39 is 0 Å². The van der Waals surface area contributed by atoms with Gasteiger partial charge in [0.25, 0.3) is 0 Å². The van der Waals surface area contributed by atoms with E-state index >= 15 is 0 Å². The third-order valence-electron chi connectivity index (χ3n) is 3.37. The summed E-state index contributed by atoms with van der Waals surface area (Å²) in [4.78, 5) is 0. The first-order valence-electron chi connectivity index (χ1n) is 6.74. The average Bonchev–Trinajstić information content (AvgIpc) is 3.12. The highest BCUT2D eigenvalue weighted by Gasteiger charge is 2.19. The number of aryl methyl sites for hydroxylation is 2. The first kappa shape index (κ1) is 12.6. The summed E-state index contributed by atoms with van der Waals surface area (Å²) in [6.45, 7) is 2.99. The Balaban J connectivity index is 1.58. The maximum atomic E-state index is 13.1. The molecule has 1 N–H and O–H groups in total. The molecule has 2 heteroatoms. The first-order chi connectivity index (χ1) is 8.25. The van der Waals surface area contributed by atoms with Crippen molar-refractivity contribution in [3.8, 4) is 0 Å². The van der Waals surface area contributed by atoms with Gasteiger partial charge in [-0.2, -0.15) is 0 Å². The second-order valence-electron chi connectivity index (χ2n) is 5.12. The molecule has 0 radical (unpaired) electrons. The zero-order valence-corrected chi connectivity index (χ0v) is 10.6. The summed E-state index contributed by atoms with van der Waals surface area (Å²) in [5.41, 5.74) is 2.02. The standard InChI is InChI=1S/C15H22FN/c1-12-11-13(6-9-15(12)16)5-3-2-4-10-17-14-7-8-14/h6,9,11,14,17H,2-5,7-8,10H2,1H3. The van der Waals surface area contributed by atoms with E-state index in [1.54, 1.807) is 6.07 Å². The topological polar surface area (TPSA) is 12.0 Å². The molecule has 0 saturated heterocycles. The predicted octanol–water partition coefficient (Wildman–Crippen LogP) is 3.60. The molecular formula is C15H22FN. The molecule has 0 amide bonds. The van der Waals surface area contributed by atoms with E-state index in [0.29, 0.717) is 0 Å². The van der Waals surface area contributed by atoms with Crippen LogP contribution in [0.1, 0.15) is 43.2 Å². The lowest BCUT2D eigenvalue weighted by Gasteiger charge is -2.05. The Bertz CT molecular complexity index is 358. The van der Waals surface area contributed by atoms with Gasteiger partial charge >= 0.3 is 0 Å². The lowest BCUT2D eigenvalue weighted by atomic mass is 10.0. The van der Waals surface area contributed by atoms with E-state index in [1.807, 2.05) is 19.1 Å². The molecule has 1 fully saturated rings. The van der Waals surface area contributed by atoms with Gasteiger partial charge in [0.1, 0.15) is 5.82 Å². The van der Waals surface area contributed by atoms with E-state index in [4.69, 9.17) is 0 Å². The number of hydrogen-bond donors (Lipinski definition) is 1. The van der Waals surface area contributed by atoms with Gasteiger partial charge in [0.15, 0.2) is 0 Å². The largest absolute Gasteiger partial charge is 0.314 e. The summed E-state index contributed by atoms with van der Waals surface area (Å²) in [6, 6.07) is 6.29. The molecule has 94 valence electrons. The molecule has 0 unspecified atom stereocenters. The minimum absolute atomic E-state index is 0.0950. The summed E-state index contributed by atoms with van der Waals surface area (Å²) in [7, 11) is 0. The van der Waals surface area contributed by atoms with Gasteiger partial charge in [-0.05, 0) is 62.8 Å². The Labute approximate surface area is 103 Å². The van der Waals surface area contributed by atoms with Crippen molar-refractivity contribution in [1.82, 2.24) is 5.32 Å². The van der Waals surface area contributed by atoms with Crippen molar-refractivity contribution in [3.05, 3.63) is 35.1 Å². The van der Waals surface area contributed by atoms with Crippen LogP contribution in [0.3, 0.4) is 0 Å². The number of rotatable bonds is 7. The van der Waals surface area contributed by atoms with Crippen LogP contribution in [0.15, 0.2) is 18.2 Å². The fraction of sp³-hybridized carbons (Fsp3) is 0.600. The summed E-state index contributed by atoms with van der Waals surface area (Å²) in [5, 5.41) is 3.52.